The number of nitriles is 1. The molecule has 3 aromatic rings. The van der Waals surface area contributed by atoms with Crippen LogP contribution in [0.3, 0.4) is 0 Å². The monoisotopic (exact) mass is 324 g/mol. The molecule has 23 heavy (non-hydrogen) atoms. The van der Waals surface area contributed by atoms with E-state index in [-0.39, 0.29) is 0 Å². The lowest BCUT2D eigenvalue weighted by Crippen LogP contribution is -1.98. The number of aryl methyl sites for hydroxylation is 3. The second-order valence-electron chi connectivity index (χ2n) is 6.00. The van der Waals surface area contributed by atoms with Gasteiger partial charge < -0.3 is 0 Å². The maximum absolute atomic E-state index is 9.68. The van der Waals surface area contributed by atoms with Crippen LogP contribution in [0.5, 0.6) is 0 Å². The minimum Gasteiger partial charge on any atom is -0.216 e. The molecule has 118 valence electrons. The molecule has 0 aliphatic heterocycles. The van der Waals surface area contributed by atoms with Crippen LogP contribution in [-0.4, -0.2) is 14.6 Å². The van der Waals surface area contributed by atoms with Gasteiger partial charge in [0.15, 0.2) is 5.69 Å². The maximum Gasteiger partial charge on any atom is 0.214 e. The topological polar surface area (TPSA) is 54.0 Å². The van der Waals surface area contributed by atoms with Gasteiger partial charge in [-0.05, 0) is 56.4 Å². The van der Waals surface area contributed by atoms with Crippen molar-refractivity contribution in [3.63, 3.8) is 0 Å². The van der Waals surface area contributed by atoms with Gasteiger partial charge in [-0.1, -0.05) is 24.3 Å². The van der Waals surface area contributed by atoms with Gasteiger partial charge in [0.2, 0.25) is 4.96 Å². The predicted molar refractivity (Wildman–Crippen MR) is 94.0 cm³/mol. The Hall–Kier alpha value is -2.19. The summed E-state index contributed by atoms with van der Waals surface area (Å²) < 4.78 is 1.71. The van der Waals surface area contributed by atoms with E-state index < -0.39 is 0 Å². The van der Waals surface area contributed by atoms with E-state index >= 15 is 0 Å². The molecule has 0 unspecified atom stereocenters. The number of benzene rings is 1. The summed E-state index contributed by atoms with van der Waals surface area (Å²) in [7, 11) is 0. The molecule has 4 nitrogen and oxygen atoms in total. The molecule has 0 saturated carbocycles. The van der Waals surface area contributed by atoms with Gasteiger partial charge in [0.1, 0.15) is 16.8 Å². The van der Waals surface area contributed by atoms with Crippen LogP contribution in [0.15, 0.2) is 6.07 Å². The minimum atomic E-state index is 0.537. The molecule has 0 amide bonds. The van der Waals surface area contributed by atoms with Crippen molar-refractivity contribution in [2.45, 2.75) is 47.5 Å². The van der Waals surface area contributed by atoms with Crippen molar-refractivity contribution in [3.8, 4) is 17.3 Å². The third-order valence-corrected chi connectivity index (χ3v) is 5.39. The smallest absolute Gasteiger partial charge is 0.214 e. The average molecular weight is 324 g/mol. The van der Waals surface area contributed by atoms with E-state index in [1.54, 1.807) is 15.9 Å². The van der Waals surface area contributed by atoms with Crippen molar-refractivity contribution in [2.75, 3.05) is 0 Å². The molecular formula is C18H20N4S. The Morgan fingerprint density at radius 3 is 2.39 bits per heavy atom. The standard InChI is InChI=1S/C18H20N4S/c1-6-7-15-21-22-14(9-19)17(20-18(22)23-15)16-12(4)10(2)8-11(3)13(16)5/h8H,6-7H2,1-5H3. The molecule has 2 aromatic heterocycles. The molecule has 3 rings (SSSR count). The van der Waals surface area contributed by atoms with E-state index in [4.69, 9.17) is 4.98 Å². The van der Waals surface area contributed by atoms with Crippen molar-refractivity contribution in [2.24, 2.45) is 0 Å². The maximum atomic E-state index is 9.68. The molecule has 0 spiro atoms. The van der Waals surface area contributed by atoms with Crippen molar-refractivity contribution in [1.82, 2.24) is 14.6 Å². The predicted octanol–water partition coefficient (Wildman–Crippen LogP) is 4.52. The largest absolute Gasteiger partial charge is 0.216 e. The van der Waals surface area contributed by atoms with Gasteiger partial charge in [0, 0.05) is 12.0 Å². The zero-order chi connectivity index (χ0) is 16.7. The lowest BCUT2D eigenvalue weighted by Gasteiger charge is -2.13. The van der Waals surface area contributed by atoms with Crippen LogP contribution >= 0.6 is 11.3 Å². The number of hydrogen-bond donors (Lipinski definition) is 0. The van der Waals surface area contributed by atoms with E-state index in [0.29, 0.717) is 5.69 Å². The van der Waals surface area contributed by atoms with E-state index in [1.807, 2.05) is 0 Å². The van der Waals surface area contributed by atoms with Crippen LogP contribution in [0, 0.1) is 39.0 Å². The third kappa shape index (κ3) is 2.43. The summed E-state index contributed by atoms with van der Waals surface area (Å²) in [5, 5.41) is 15.3. The zero-order valence-corrected chi connectivity index (χ0v) is 15.0. The number of imidazole rings is 1. The van der Waals surface area contributed by atoms with Gasteiger partial charge in [0.05, 0.1) is 0 Å². The second kappa shape index (κ2) is 5.78. The highest BCUT2D eigenvalue weighted by atomic mass is 32.1. The summed E-state index contributed by atoms with van der Waals surface area (Å²) in [6.45, 7) is 10.5. The van der Waals surface area contributed by atoms with Crippen LogP contribution < -0.4 is 0 Å². The molecule has 0 radical (unpaired) electrons. The summed E-state index contributed by atoms with van der Waals surface area (Å²) in [5.74, 6) is 0. The molecule has 0 fully saturated rings. The van der Waals surface area contributed by atoms with E-state index in [1.165, 1.54) is 22.3 Å². The van der Waals surface area contributed by atoms with Gasteiger partial charge in [-0.25, -0.2) is 4.98 Å². The van der Waals surface area contributed by atoms with Gasteiger partial charge in [-0.2, -0.15) is 14.9 Å². The lowest BCUT2D eigenvalue weighted by atomic mass is 9.92. The van der Waals surface area contributed by atoms with Crippen LogP contribution in [0.4, 0.5) is 0 Å². The van der Waals surface area contributed by atoms with Gasteiger partial charge >= 0.3 is 0 Å². The Morgan fingerprint density at radius 1 is 1.17 bits per heavy atom. The van der Waals surface area contributed by atoms with Crippen molar-refractivity contribution < 1.29 is 0 Å². The first kappa shape index (κ1) is 15.7. The first-order chi connectivity index (χ1) is 11.0. The Labute approximate surface area is 140 Å². The van der Waals surface area contributed by atoms with Gasteiger partial charge in [-0.3, -0.25) is 0 Å². The highest BCUT2D eigenvalue weighted by Gasteiger charge is 2.21. The van der Waals surface area contributed by atoms with Crippen molar-refractivity contribution >= 4 is 16.3 Å². The molecule has 0 bridgehead atoms. The summed E-state index contributed by atoms with van der Waals surface area (Å²) in [6, 6.07) is 4.50. The molecule has 0 aliphatic rings. The van der Waals surface area contributed by atoms with Crippen LogP contribution in [0.25, 0.3) is 16.2 Å². The van der Waals surface area contributed by atoms with E-state index in [9.17, 15) is 5.26 Å². The first-order valence-electron chi connectivity index (χ1n) is 7.84. The third-order valence-electron chi connectivity index (χ3n) is 4.42. The molecule has 0 N–H and O–H groups in total. The normalized spacial score (nSPS) is 11.1. The number of nitrogens with zero attached hydrogens (tertiary/aromatic N) is 4. The molecule has 1 aromatic carbocycles. The number of aromatic nitrogens is 3. The highest BCUT2D eigenvalue weighted by Crippen LogP contribution is 2.34. The highest BCUT2D eigenvalue weighted by molar-refractivity contribution is 7.16. The summed E-state index contributed by atoms with van der Waals surface area (Å²) in [5.41, 5.74) is 7.19. The van der Waals surface area contributed by atoms with E-state index in [0.717, 1.165) is 34.1 Å². The Morgan fingerprint density at radius 2 is 1.83 bits per heavy atom. The quantitative estimate of drug-likeness (QED) is 0.712. The molecule has 0 aliphatic carbocycles. The summed E-state index contributed by atoms with van der Waals surface area (Å²) in [6.07, 6.45) is 1.97. The SMILES string of the molecule is CCCc1nn2c(C#N)c(-c3c(C)c(C)cc(C)c3C)nc2s1. The van der Waals surface area contributed by atoms with Crippen molar-refractivity contribution in [1.29, 1.82) is 5.26 Å². The lowest BCUT2D eigenvalue weighted by molar-refractivity contribution is 0.843. The number of fused-ring (bicyclic) bond motifs is 1. The van der Waals surface area contributed by atoms with Gasteiger partial charge in [0.25, 0.3) is 0 Å². The van der Waals surface area contributed by atoms with E-state index in [2.05, 4.69) is 51.9 Å². The van der Waals surface area contributed by atoms with Crippen LogP contribution in [-0.2, 0) is 6.42 Å². The fraction of sp³-hybridized carbons (Fsp3) is 0.389. The molecule has 0 atom stereocenters. The fourth-order valence-electron chi connectivity index (χ4n) is 2.95. The summed E-state index contributed by atoms with van der Waals surface area (Å²) in [4.78, 5) is 5.56. The van der Waals surface area contributed by atoms with Gasteiger partial charge in [-0.15, -0.1) is 0 Å². The molecule has 0 saturated heterocycles. The Kier molecular flexibility index (Phi) is 3.95. The second-order valence-corrected chi connectivity index (χ2v) is 7.04. The Balaban J connectivity index is 2.30. The molecule has 5 heteroatoms. The first-order valence-corrected chi connectivity index (χ1v) is 8.65. The van der Waals surface area contributed by atoms with Crippen LogP contribution in [0.2, 0.25) is 0 Å². The number of hydrogen-bond acceptors (Lipinski definition) is 4. The van der Waals surface area contributed by atoms with Crippen molar-refractivity contribution in [3.05, 3.63) is 39.0 Å². The average Bonchev–Trinajstić information content (AvgIpc) is 3.03. The minimum absolute atomic E-state index is 0.537. The fourth-order valence-corrected chi connectivity index (χ4v) is 3.94. The number of rotatable bonds is 3. The molecule has 2 heterocycles. The Bertz CT molecular complexity index is 914. The summed E-state index contributed by atoms with van der Waals surface area (Å²) >= 11 is 1.58. The zero-order valence-electron chi connectivity index (χ0n) is 14.2. The molecular weight excluding hydrogens is 304 g/mol. The van der Waals surface area contributed by atoms with Crippen LogP contribution in [0.1, 0.15) is 46.3 Å².